The van der Waals surface area contributed by atoms with E-state index in [1.165, 1.54) is 0 Å². The Morgan fingerprint density at radius 2 is 1.77 bits per heavy atom. The first-order valence-electron chi connectivity index (χ1n) is 8.10. The molecule has 2 amide bonds. The number of hydrogen-bond acceptors (Lipinski definition) is 4. The predicted octanol–water partition coefficient (Wildman–Crippen LogP) is 3.36. The molecule has 138 valence electrons. The largest absolute Gasteiger partial charge is 0.497 e. The molecule has 7 heteroatoms. The summed E-state index contributed by atoms with van der Waals surface area (Å²) >= 11 is 3.39. The Kier molecular flexibility index (Phi) is 7.17. The van der Waals surface area contributed by atoms with Gasteiger partial charge in [-0.1, -0.05) is 12.1 Å². The third-order valence-corrected chi connectivity index (χ3v) is 4.63. The highest BCUT2D eigenvalue weighted by Crippen LogP contribution is 2.21. The van der Waals surface area contributed by atoms with Crippen LogP contribution >= 0.6 is 15.9 Å². The molecule has 1 atom stereocenters. The fraction of sp³-hybridized carbons (Fsp3) is 0.263. The zero-order valence-corrected chi connectivity index (χ0v) is 16.5. The molecule has 0 aromatic heterocycles. The van der Waals surface area contributed by atoms with Crippen molar-refractivity contribution in [3.8, 4) is 5.75 Å². The molecular formula is C19H22BrN3O3. The smallest absolute Gasteiger partial charge is 0.241 e. The fourth-order valence-electron chi connectivity index (χ4n) is 2.24. The minimum atomic E-state index is -0.470. The van der Waals surface area contributed by atoms with E-state index < -0.39 is 6.04 Å². The highest BCUT2D eigenvalue weighted by Gasteiger charge is 2.20. The number of methoxy groups -OCH3 is 1. The Labute approximate surface area is 161 Å². The Hall–Kier alpha value is -2.38. The van der Waals surface area contributed by atoms with Gasteiger partial charge in [-0.2, -0.15) is 0 Å². The van der Waals surface area contributed by atoms with E-state index in [4.69, 9.17) is 4.74 Å². The SMILES string of the molecule is COc1ccc(NC(=O)C(C)N(C)CC(=O)Nc2ccccc2Br)cc1. The number of nitrogens with one attached hydrogen (secondary N) is 2. The average Bonchev–Trinajstić information content (AvgIpc) is 2.63. The normalized spacial score (nSPS) is 11.7. The summed E-state index contributed by atoms with van der Waals surface area (Å²) in [6, 6.07) is 14.0. The van der Waals surface area contributed by atoms with Crippen LogP contribution < -0.4 is 15.4 Å². The van der Waals surface area contributed by atoms with Crippen LogP contribution in [0.15, 0.2) is 53.0 Å². The van der Waals surface area contributed by atoms with Gasteiger partial charge in [0.1, 0.15) is 5.75 Å². The number of para-hydroxylation sites is 1. The molecule has 0 saturated heterocycles. The lowest BCUT2D eigenvalue weighted by molar-refractivity contribution is -0.122. The van der Waals surface area contributed by atoms with Gasteiger partial charge < -0.3 is 15.4 Å². The quantitative estimate of drug-likeness (QED) is 0.721. The van der Waals surface area contributed by atoms with Crippen LogP contribution in [-0.4, -0.2) is 43.5 Å². The lowest BCUT2D eigenvalue weighted by atomic mass is 10.2. The molecule has 0 bridgehead atoms. The molecule has 0 saturated carbocycles. The van der Waals surface area contributed by atoms with Crippen LogP contribution in [0.5, 0.6) is 5.75 Å². The van der Waals surface area contributed by atoms with Crippen molar-refractivity contribution < 1.29 is 14.3 Å². The van der Waals surface area contributed by atoms with Gasteiger partial charge in [-0.15, -0.1) is 0 Å². The third kappa shape index (κ3) is 5.57. The van der Waals surface area contributed by atoms with Crippen molar-refractivity contribution in [2.75, 3.05) is 31.3 Å². The van der Waals surface area contributed by atoms with Crippen molar-refractivity contribution >= 4 is 39.1 Å². The number of rotatable bonds is 7. The summed E-state index contributed by atoms with van der Waals surface area (Å²) in [7, 11) is 3.32. The van der Waals surface area contributed by atoms with Gasteiger partial charge in [0, 0.05) is 10.2 Å². The number of amides is 2. The van der Waals surface area contributed by atoms with Gasteiger partial charge >= 0.3 is 0 Å². The molecule has 0 aliphatic rings. The Balaban J connectivity index is 1.88. The zero-order chi connectivity index (χ0) is 19.1. The van der Waals surface area contributed by atoms with E-state index in [0.717, 1.165) is 10.2 Å². The summed E-state index contributed by atoms with van der Waals surface area (Å²) in [5.41, 5.74) is 1.37. The van der Waals surface area contributed by atoms with Gasteiger partial charge in [0.05, 0.1) is 25.4 Å². The van der Waals surface area contributed by atoms with Gasteiger partial charge in [-0.25, -0.2) is 0 Å². The van der Waals surface area contributed by atoms with Crippen LogP contribution in [0.1, 0.15) is 6.92 Å². The molecule has 2 N–H and O–H groups in total. The summed E-state index contributed by atoms with van der Waals surface area (Å²) in [5.74, 6) is 0.340. The first kappa shape index (κ1) is 19.9. The second kappa shape index (κ2) is 9.35. The van der Waals surface area contributed by atoms with Crippen molar-refractivity contribution in [2.24, 2.45) is 0 Å². The highest BCUT2D eigenvalue weighted by atomic mass is 79.9. The Morgan fingerprint density at radius 1 is 1.12 bits per heavy atom. The summed E-state index contributed by atoms with van der Waals surface area (Å²) in [6.07, 6.45) is 0. The number of carbonyl (C=O) groups excluding carboxylic acids is 2. The molecule has 0 heterocycles. The second-order valence-corrected chi connectivity index (χ2v) is 6.69. The number of anilines is 2. The number of nitrogens with zero attached hydrogens (tertiary/aromatic N) is 1. The minimum absolute atomic E-state index is 0.0958. The second-order valence-electron chi connectivity index (χ2n) is 5.84. The molecule has 1 unspecified atom stereocenters. The molecule has 0 radical (unpaired) electrons. The summed E-state index contributed by atoms with van der Waals surface area (Å²) in [4.78, 5) is 26.3. The van der Waals surface area contributed by atoms with Crippen LogP contribution in [-0.2, 0) is 9.59 Å². The van der Waals surface area contributed by atoms with Gasteiger partial charge in [0.15, 0.2) is 0 Å². The summed E-state index contributed by atoms with van der Waals surface area (Å²) < 4.78 is 5.90. The molecule has 0 aliphatic heterocycles. The maximum absolute atomic E-state index is 12.4. The van der Waals surface area contributed by atoms with Crippen molar-refractivity contribution in [2.45, 2.75) is 13.0 Å². The molecule has 2 rings (SSSR count). The molecular weight excluding hydrogens is 398 g/mol. The Bertz CT molecular complexity index is 765. The van der Waals surface area contributed by atoms with Crippen LogP contribution in [0.2, 0.25) is 0 Å². The standard InChI is InChI=1S/C19H22BrN3O3/c1-13(19(25)21-14-8-10-15(26-3)11-9-14)23(2)12-18(24)22-17-7-5-4-6-16(17)20/h4-11,13H,12H2,1-3H3,(H,21,25)(H,22,24). The number of benzene rings is 2. The van der Waals surface area contributed by atoms with E-state index in [1.54, 1.807) is 50.2 Å². The summed E-state index contributed by atoms with van der Waals surface area (Å²) in [6.45, 7) is 1.85. The van der Waals surface area contributed by atoms with Crippen molar-refractivity contribution in [3.05, 3.63) is 53.0 Å². The van der Waals surface area contributed by atoms with Crippen LogP contribution in [0.3, 0.4) is 0 Å². The zero-order valence-electron chi connectivity index (χ0n) is 15.0. The molecule has 2 aromatic carbocycles. The number of ether oxygens (including phenoxy) is 1. The average molecular weight is 420 g/mol. The Morgan fingerprint density at radius 3 is 2.38 bits per heavy atom. The van der Waals surface area contributed by atoms with E-state index >= 15 is 0 Å². The van der Waals surface area contributed by atoms with Crippen LogP contribution in [0.4, 0.5) is 11.4 Å². The van der Waals surface area contributed by atoms with E-state index in [2.05, 4.69) is 26.6 Å². The molecule has 0 fully saturated rings. The molecule has 6 nitrogen and oxygen atoms in total. The van der Waals surface area contributed by atoms with E-state index in [0.29, 0.717) is 11.4 Å². The molecule has 0 spiro atoms. The van der Waals surface area contributed by atoms with Crippen LogP contribution in [0, 0.1) is 0 Å². The van der Waals surface area contributed by atoms with Crippen molar-refractivity contribution in [1.29, 1.82) is 0 Å². The fourth-order valence-corrected chi connectivity index (χ4v) is 2.62. The highest BCUT2D eigenvalue weighted by molar-refractivity contribution is 9.10. The number of carbonyl (C=O) groups is 2. The number of likely N-dealkylation sites (N-methyl/N-ethyl adjacent to an activating group) is 1. The van der Waals surface area contributed by atoms with Crippen LogP contribution in [0.25, 0.3) is 0 Å². The maximum atomic E-state index is 12.4. The number of halogens is 1. The topological polar surface area (TPSA) is 70.7 Å². The first-order chi connectivity index (χ1) is 12.4. The lowest BCUT2D eigenvalue weighted by Crippen LogP contribution is -2.43. The van der Waals surface area contributed by atoms with Gasteiger partial charge in [-0.05, 0) is 66.3 Å². The maximum Gasteiger partial charge on any atom is 0.241 e. The van der Waals surface area contributed by atoms with E-state index in [1.807, 2.05) is 24.3 Å². The summed E-state index contributed by atoms with van der Waals surface area (Å²) in [5, 5.41) is 5.65. The molecule has 0 aliphatic carbocycles. The predicted molar refractivity (Wildman–Crippen MR) is 106 cm³/mol. The first-order valence-corrected chi connectivity index (χ1v) is 8.89. The molecule has 26 heavy (non-hydrogen) atoms. The van der Waals surface area contributed by atoms with Crippen molar-refractivity contribution in [3.63, 3.8) is 0 Å². The van der Waals surface area contributed by atoms with Gasteiger partial charge in [-0.3, -0.25) is 14.5 Å². The van der Waals surface area contributed by atoms with Gasteiger partial charge in [0.25, 0.3) is 0 Å². The molecule has 2 aromatic rings. The monoisotopic (exact) mass is 419 g/mol. The van der Waals surface area contributed by atoms with E-state index in [9.17, 15) is 9.59 Å². The van der Waals surface area contributed by atoms with Gasteiger partial charge in [0.2, 0.25) is 11.8 Å². The van der Waals surface area contributed by atoms with E-state index in [-0.39, 0.29) is 18.4 Å². The third-order valence-electron chi connectivity index (χ3n) is 3.94. The number of hydrogen-bond donors (Lipinski definition) is 2. The minimum Gasteiger partial charge on any atom is -0.497 e. The lowest BCUT2D eigenvalue weighted by Gasteiger charge is -2.23. The van der Waals surface area contributed by atoms with Crippen molar-refractivity contribution in [1.82, 2.24) is 4.90 Å².